The van der Waals surface area contributed by atoms with Gasteiger partial charge in [0.1, 0.15) is 15.2 Å². The second-order valence-corrected chi connectivity index (χ2v) is 9.04. The Bertz CT molecular complexity index is 637. The van der Waals surface area contributed by atoms with Crippen LogP contribution in [0.1, 0.15) is 30.6 Å². The highest BCUT2D eigenvalue weighted by Crippen LogP contribution is 2.33. The average Bonchev–Trinajstić information content (AvgIpc) is 2.96. The van der Waals surface area contributed by atoms with Gasteiger partial charge >= 0.3 is 0 Å². The molecule has 1 aliphatic carbocycles. The SMILES string of the molecule is N#Cc1ccc(S(=O)(=O)N(CC2CC2)CC2CCCN2)s1. The largest absolute Gasteiger partial charge is 0.313 e. The molecule has 0 aromatic carbocycles. The monoisotopic (exact) mass is 325 g/mol. The first-order valence-electron chi connectivity index (χ1n) is 7.33. The van der Waals surface area contributed by atoms with Crippen molar-refractivity contribution in [1.29, 1.82) is 5.26 Å². The minimum Gasteiger partial charge on any atom is -0.313 e. The summed E-state index contributed by atoms with van der Waals surface area (Å²) in [5, 5.41) is 12.2. The van der Waals surface area contributed by atoms with E-state index in [4.69, 9.17) is 5.26 Å². The van der Waals surface area contributed by atoms with E-state index < -0.39 is 10.0 Å². The lowest BCUT2D eigenvalue weighted by Crippen LogP contribution is -2.41. The van der Waals surface area contributed by atoms with Gasteiger partial charge in [-0.25, -0.2) is 8.42 Å². The van der Waals surface area contributed by atoms with Crippen molar-refractivity contribution in [2.75, 3.05) is 19.6 Å². The summed E-state index contributed by atoms with van der Waals surface area (Å²) in [7, 11) is -3.47. The molecular weight excluding hydrogens is 306 g/mol. The first-order valence-corrected chi connectivity index (χ1v) is 9.59. The molecule has 1 aromatic rings. The van der Waals surface area contributed by atoms with E-state index in [2.05, 4.69) is 5.32 Å². The summed E-state index contributed by atoms with van der Waals surface area (Å²) in [6.45, 7) is 2.12. The van der Waals surface area contributed by atoms with Crippen molar-refractivity contribution in [3.63, 3.8) is 0 Å². The second kappa shape index (κ2) is 6.05. The van der Waals surface area contributed by atoms with Gasteiger partial charge in [-0.15, -0.1) is 11.3 Å². The van der Waals surface area contributed by atoms with Crippen LogP contribution in [0.5, 0.6) is 0 Å². The fourth-order valence-electron chi connectivity index (χ4n) is 2.66. The molecule has 0 bridgehead atoms. The van der Waals surface area contributed by atoms with E-state index in [0.29, 0.717) is 23.9 Å². The summed E-state index contributed by atoms with van der Waals surface area (Å²) >= 11 is 1.06. The number of nitrogens with zero attached hydrogens (tertiary/aromatic N) is 2. The highest BCUT2D eigenvalue weighted by Gasteiger charge is 2.34. The molecule has 21 heavy (non-hydrogen) atoms. The lowest BCUT2D eigenvalue weighted by atomic mass is 10.2. The molecule has 1 N–H and O–H groups in total. The summed E-state index contributed by atoms with van der Waals surface area (Å²) in [5.41, 5.74) is 0. The van der Waals surface area contributed by atoms with Crippen molar-refractivity contribution < 1.29 is 8.42 Å². The highest BCUT2D eigenvalue weighted by molar-refractivity contribution is 7.91. The van der Waals surface area contributed by atoms with E-state index in [0.717, 1.165) is 43.6 Å². The van der Waals surface area contributed by atoms with Gasteiger partial charge in [0.25, 0.3) is 10.0 Å². The Morgan fingerprint density at radius 2 is 2.14 bits per heavy atom. The molecule has 1 aromatic heterocycles. The van der Waals surface area contributed by atoms with E-state index >= 15 is 0 Å². The van der Waals surface area contributed by atoms with Gasteiger partial charge < -0.3 is 5.32 Å². The van der Waals surface area contributed by atoms with Gasteiger partial charge in [-0.3, -0.25) is 0 Å². The van der Waals surface area contributed by atoms with Crippen molar-refractivity contribution >= 4 is 21.4 Å². The van der Waals surface area contributed by atoms with Crippen LogP contribution in [0.4, 0.5) is 0 Å². The molecule has 1 saturated carbocycles. The number of thiophene rings is 1. The van der Waals surface area contributed by atoms with E-state index in [1.54, 1.807) is 16.4 Å². The number of nitrogens with one attached hydrogen (secondary N) is 1. The number of hydrogen-bond acceptors (Lipinski definition) is 5. The van der Waals surface area contributed by atoms with Crippen molar-refractivity contribution in [3.05, 3.63) is 17.0 Å². The summed E-state index contributed by atoms with van der Waals surface area (Å²) in [4.78, 5) is 0.443. The van der Waals surface area contributed by atoms with Gasteiger partial charge in [0.15, 0.2) is 0 Å². The first-order chi connectivity index (χ1) is 10.1. The maximum absolute atomic E-state index is 12.8. The zero-order valence-corrected chi connectivity index (χ0v) is 13.4. The predicted octanol–water partition coefficient (Wildman–Crippen LogP) is 1.77. The normalized spacial score (nSPS) is 22.6. The molecule has 2 heterocycles. The molecule has 0 amide bonds. The second-order valence-electron chi connectivity index (χ2n) is 5.79. The lowest BCUT2D eigenvalue weighted by molar-refractivity contribution is 0.359. The fourth-order valence-corrected chi connectivity index (χ4v) is 5.48. The Hall–Kier alpha value is -0.940. The van der Waals surface area contributed by atoms with E-state index in [9.17, 15) is 8.42 Å². The Morgan fingerprint density at radius 1 is 1.33 bits per heavy atom. The molecule has 2 fully saturated rings. The number of nitriles is 1. The van der Waals surface area contributed by atoms with Crippen LogP contribution in [0.2, 0.25) is 0 Å². The van der Waals surface area contributed by atoms with Crippen molar-refractivity contribution in [3.8, 4) is 6.07 Å². The molecule has 2 aliphatic rings. The molecule has 0 radical (unpaired) electrons. The van der Waals surface area contributed by atoms with Gasteiger partial charge in [-0.1, -0.05) is 0 Å². The molecule has 5 nitrogen and oxygen atoms in total. The van der Waals surface area contributed by atoms with Gasteiger partial charge in [0.2, 0.25) is 0 Å². The third kappa shape index (κ3) is 3.46. The van der Waals surface area contributed by atoms with Gasteiger partial charge in [-0.05, 0) is 50.3 Å². The standard InChI is InChI=1S/C14H19N3O2S2/c15-8-13-5-6-14(20-13)21(18,19)17(9-11-3-4-11)10-12-2-1-7-16-12/h5-6,11-12,16H,1-4,7,9-10H2. The van der Waals surface area contributed by atoms with E-state index in [1.165, 1.54) is 0 Å². The Kier molecular flexibility index (Phi) is 4.31. The van der Waals surface area contributed by atoms with Crippen molar-refractivity contribution in [2.24, 2.45) is 5.92 Å². The topological polar surface area (TPSA) is 73.2 Å². The van der Waals surface area contributed by atoms with Crippen molar-refractivity contribution in [1.82, 2.24) is 9.62 Å². The minimum absolute atomic E-state index is 0.258. The van der Waals surface area contributed by atoms with Crippen molar-refractivity contribution in [2.45, 2.75) is 35.9 Å². The van der Waals surface area contributed by atoms with Crippen LogP contribution in [0, 0.1) is 17.2 Å². The highest BCUT2D eigenvalue weighted by atomic mass is 32.2. The van der Waals surface area contributed by atoms with E-state index in [-0.39, 0.29) is 10.3 Å². The maximum Gasteiger partial charge on any atom is 0.252 e. The third-order valence-electron chi connectivity index (χ3n) is 4.03. The van der Waals surface area contributed by atoms with Gasteiger partial charge in [-0.2, -0.15) is 9.57 Å². The van der Waals surface area contributed by atoms with E-state index in [1.807, 2.05) is 6.07 Å². The Labute approximate surface area is 129 Å². The van der Waals surface area contributed by atoms with Gasteiger partial charge in [0.05, 0.1) is 0 Å². The van der Waals surface area contributed by atoms with Crippen LogP contribution in [-0.4, -0.2) is 38.4 Å². The summed E-state index contributed by atoms with van der Waals surface area (Å²) < 4.78 is 27.5. The van der Waals surface area contributed by atoms with Crippen LogP contribution < -0.4 is 5.32 Å². The molecular formula is C14H19N3O2S2. The molecule has 3 rings (SSSR count). The number of hydrogen-bond donors (Lipinski definition) is 1. The lowest BCUT2D eigenvalue weighted by Gasteiger charge is -2.24. The summed E-state index contributed by atoms with van der Waals surface area (Å²) in [6, 6.07) is 5.41. The predicted molar refractivity (Wildman–Crippen MR) is 81.5 cm³/mol. The molecule has 0 spiro atoms. The van der Waals surface area contributed by atoms with Crippen LogP contribution >= 0.6 is 11.3 Å². The molecule has 1 unspecified atom stereocenters. The van der Waals surface area contributed by atoms with Crippen LogP contribution in [0.3, 0.4) is 0 Å². The van der Waals surface area contributed by atoms with Crippen LogP contribution in [0.15, 0.2) is 16.3 Å². The first kappa shape index (κ1) is 15.0. The zero-order chi connectivity index (χ0) is 14.9. The molecule has 1 atom stereocenters. The summed E-state index contributed by atoms with van der Waals surface area (Å²) in [6.07, 6.45) is 4.39. The third-order valence-corrected chi connectivity index (χ3v) is 7.32. The maximum atomic E-state index is 12.8. The zero-order valence-electron chi connectivity index (χ0n) is 11.8. The fraction of sp³-hybridized carbons (Fsp3) is 0.643. The quantitative estimate of drug-likeness (QED) is 0.865. The Balaban J connectivity index is 1.80. The molecule has 1 aliphatic heterocycles. The smallest absolute Gasteiger partial charge is 0.252 e. The Morgan fingerprint density at radius 3 is 2.71 bits per heavy atom. The number of rotatable bonds is 6. The number of sulfonamides is 1. The summed E-state index contributed by atoms with van der Waals surface area (Å²) in [5.74, 6) is 0.511. The molecule has 1 saturated heterocycles. The molecule has 7 heteroatoms. The van der Waals surface area contributed by atoms with Crippen LogP contribution in [0.25, 0.3) is 0 Å². The average molecular weight is 325 g/mol. The van der Waals surface area contributed by atoms with Crippen LogP contribution in [-0.2, 0) is 10.0 Å². The molecule has 114 valence electrons. The van der Waals surface area contributed by atoms with Gasteiger partial charge in [0, 0.05) is 19.1 Å². The minimum atomic E-state index is -3.47.